The van der Waals surface area contributed by atoms with Crippen LogP contribution in [0, 0.1) is 5.41 Å². The number of allylic oxidation sites excluding steroid dienone is 2. The molecule has 5 unspecified atom stereocenters. The summed E-state index contributed by atoms with van der Waals surface area (Å²) in [6, 6.07) is 0.405. The van der Waals surface area contributed by atoms with Crippen LogP contribution in [0.25, 0.3) is 0 Å². The Bertz CT molecular complexity index is 870. The molecule has 1 aromatic heterocycles. The zero-order valence-electron chi connectivity index (χ0n) is 13.2. The first kappa shape index (κ1) is 13.9. The van der Waals surface area contributed by atoms with Gasteiger partial charge in [-0.25, -0.2) is 0 Å². The van der Waals surface area contributed by atoms with Crippen molar-refractivity contribution >= 4 is 21.7 Å². The van der Waals surface area contributed by atoms with Crippen molar-refractivity contribution in [2.45, 2.75) is 37.5 Å². The van der Waals surface area contributed by atoms with Gasteiger partial charge in [0.1, 0.15) is 18.2 Å². The van der Waals surface area contributed by atoms with Crippen LogP contribution in [-0.4, -0.2) is 41.1 Å². The Morgan fingerprint density at radius 1 is 1.42 bits per heavy atom. The van der Waals surface area contributed by atoms with Gasteiger partial charge in [-0.1, -0.05) is 22.0 Å². The summed E-state index contributed by atoms with van der Waals surface area (Å²) in [5, 5.41) is 14.2. The maximum Gasteiger partial charge on any atom is 0.225 e. The molecule has 5 nitrogen and oxygen atoms in total. The topological polar surface area (TPSA) is 69.6 Å². The molecule has 1 fully saturated rings. The molecule has 2 aliphatic carbocycles. The summed E-state index contributed by atoms with van der Waals surface area (Å²) < 4.78 is 0.900. The first-order chi connectivity index (χ1) is 11.6. The number of hydrogen-bond donors (Lipinski definition) is 4. The largest absolute Gasteiger partial charge is 0.382 e. The smallest absolute Gasteiger partial charge is 0.225 e. The van der Waals surface area contributed by atoms with Gasteiger partial charge in [0.15, 0.2) is 0 Å². The molecule has 1 aromatic rings. The van der Waals surface area contributed by atoms with Crippen LogP contribution in [0.1, 0.15) is 40.5 Å². The van der Waals surface area contributed by atoms with Gasteiger partial charge in [0.05, 0.1) is 17.9 Å². The normalized spacial score (nSPS) is 41.6. The Morgan fingerprint density at radius 2 is 2.29 bits per heavy atom. The van der Waals surface area contributed by atoms with Crippen molar-refractivity contribution in [2.24, 2.45) is 5.41 Å². The third-order valence-electron chi connectivity index (χ3n) is 6.91. The minimum atomic E-state index is -0.438. The fraction of sp³-hybridized carbons (Fsp3) is 0.500. The summed E-state index contributed by atoms with van der Waals surface area (Å²) in [4.78, 5) is 17.8. The molecule has 0 aromatic carbocycles. The van der Waals surface area contributed by atoms with Gasteiger partial charge in [-0.2, -0.15) is 0 Å². The standard InChI is InChI=1S/C18H18BrN3O2/c19-9-5-18-2-3-20-14-12(18)15-11-8(7-21-13(11)17(14)24)1-4-22(15)10(6-18)16(9)23/h5,7,10,15-16,20-21,23H,1-4,6H2/p+1. The highest BCUT2D eigenvalue weighted by molar-refractivity contribution is 9.11. The van der Waals surface area contributed by atoms with Crippen molar-refractivity contribution in [1.82, 2.24) is 10.3 Å². The van der Waals surface area contributed by atoms with E-state index in [1.807, 2.05) is 6.20 Å². The fourth-order valence-corrected chi connectivity index (χ4v) is 6.74. The number of carbonyl (C=O) groups excluding carboxylic acids is 1. The first-order valence-electron chi connectivity index (χ1n) is 8.76. The number of aromatic amines is 1. The van der Waals surface area contributed by atoms with Crippen LogP contribution in [0.4, 0.5) is 0 Å². The van der Waals surface area contributed by atoms with Gasteiger partial charge in [-0.05, 0) is 12.0 Å². The monoisotopic (exact) mass is 388 g/mol. The van der Waals surface area contributed by atoms with E-state index in [9.17, 15) is 9.90 Å². The minimum absolute atomic E-state index is 0.0866. The van der Waals surface area contributed by atoms with Crippen LogP contribution >= 0.6 is 15.9 Å². The molecule has 24 heavy (non-hydrogen) atoms. The number of carbonyl (C=O) groups is 1. The second-order valence-electron chi connectivity index (χ2n) is 7.85. The molecule has 0 saturated carbocycles. The Kier molecular flexibility index (Phi) is 2.45. The molecule has 3 aliphatic heterocycles. The summed E-state index contributed by atoms with van der Waals surface area (Å²) in [6.45, 7) is 1.83. The van der Waals surface area contributed by atoms with Crippen molar-refractivity contribution in [3.8, 4) is 0 Å². The number of halogens is 1. The zero-order valence-corrected chi connectivity index (χ0v) is 14.7. The zero-order chi connectivity index (χ0) is 16.2. The third kappa shape index (κ3) is 1.39. The average molecular weight is 389 g/mol. The highest BCUT2D eigenvalue weighted by atomic mass is 79.9. The van der Waals surface area contributed by atoms with Gasteiger partial charge in [0.2, 0.25) is 5.78 Å². The lowest BCUT2D eigenvalue weighted by molar-refractivity contribution is -0.961. The number of Topliss-reactive ketones (excluding diaryl/α,β-unsaturated/α-hetero) is 1. The van der Waals surface area contributed by atoms with E-state index in [1.54, 1.807) is 0 Å². The first-order valence-corrected chi connectivity index (χ1v) is 9.55. The molecule has 0 amide bonds. The molecule has 6 rings (SSSR count). The second kappa shape index (κ2) is 4.23. The van der Waals surface area contributed by atoms with Gasteiger partial charge < -0.3 is 20.3 Å². The summed E-state index contributed by atoms with van der Waals surface area (Å²) >= 11 is 3.62. The van der Waals surface area contributed by atoms with E-state index in [1.165, 1.54) is 21.6 Å². The highest BCUT2D eigenvalue weighted by Crippen LogP contribution is 2.55. The van der Waals surface area contributed by atoms with Gasteiger partial charge in [-0.3, -0.25) is 4.79 Å². The molecule has 5 aliphatic rings. The summed E-state index contributed by atoms with van der Waals surface area (Å²) in [5.74, 6) is 0.122. The van der Waals surface area contributed by atoms with Gasteiger partial charge in [0, 0.05) is 46.6 Å². The van der Waals surface area contributed by atoms with Crippen LogP contribution in [0.5, 0.6) is 0 Å². The SMILES string of the molecule is O=C1C2=C3C4c5c(c[nH]c51)CC[NH+]4C1CC3(C=C(Br)C1O)CCN2. The lowest BCUT2D eigenvalue weighted by Gasteiger charge is -2.57. The van der Waals surface area contributed by atoms with Crippen molar-refractivity contribution < 1.29 is 14.8 Å². The molecule has 5 atom stereocenters. The number of rotatable bonds is 0. The van der Waals surface area contributed by atoms with Crippen molar-refractivity contribution in [3.63, 3.8) is 0 Å². The predicted octanol–water partition coefficient (Wildman–Crippen LogP) is 0.353. The van der Waals surface area contributed by atoms with E-state index >= 15 is 0 Å². The molecular weight excluding hydrogens is 370 g/mol. The van der Waals surface area contributed by atoms with Gasteiger partial charge >= 0.3 is 0 Å². The van der Waals surface area contributed by atoms with E-state index in [-0.39, 0.29) is 23.3 Å². The highest BCUT2D eigenvalue weighted by Gasteiger charge is 2.61. The van der Waals surface area contributed by atoms with Crippen molar-refractivity contribution in [3.05, 3.63) is 44.8 Å². The van der Waals surface area contributed by atoms with E-state index in [4.69, 9.17) is 0 Å². The molecule has 1 spiro atoms. The lowest BCUT2D eigenvalue weighted by Crippen LogP contribution is -3.20. The number of fused-ring (bicyclic) bond motifs is 2. The summed E-state index contributed by atoms with van der Waals surface area (Å²) in [5.41, 5.74) is 5.28. The van der Waals surface area contributed by atoms with E-state index < -0.39 is 6.10 Å². The number of quaternary nitrogens is 1. The van der Waals surface area contributed by atoms with E-state index in [0.717, 1.165) is 48.2 Å². The summed E-state index contributed by atoms with van der Waals surface area (Å²) in [6.07, 6.45) is 6.71. The molecular formula is C18H19BrN3O2+. The average Bonchev–Trinajstić information content (AvgIpc) is 3.01. The lowest BCUT2D eigenvalue weighted by atomic mass is 9.58. The maximum atomic E-state index is 13.1. The summed E-state index contributed by atoms with van der Waals surface area (Å²) in [7, 11) is 0. The molecule has 0 radical (unpaired) electrons. The van der Waals surface area contributed by atoms with Crippen LogP contribution in [-0.2, 0) is 6.42 Å². The number of aliphatic hydroxyl groups excluding tert-OH is 1. The Morgan fingerprint density at radius 3 is 3.17 bits per heavy atom. The number of piperidine rings is 1. The van der Waals surface area contributed by atoms with Crippen LogP contribution in [0.2, 0.25) is 0 Å². The van der Waals surface area contributed by atoms with Gasteiger partial charge in [-0.15, -0.1) is 0 Å². The Balaban J connectivity index is 1.71. The van der Waals surface area contributed by atoms with Crippen LogP contribution < -0.4 is 10.2 Å². The van der Waals surface area contributed by atoms with E-state index in [0.29, 0.717) is 0 Å². The number of ketones is 1. The fourth-order valence-electron chi connectivity index (χ4n) is 5.99. The van der Waals surface area contributed by atoms with Crippen LogP contribution in [0.15, 0.2) is 28.0 Å². The molecule has 4 N–H and O–H groups in total. The molecule has 1 saturated heterocycles. The number of aliphatic hydroxyl groups is 1. The predicted molar refractivity (Wildman–Crippen MR) is 90.9 cm³/mol. The maximum absolute atomic E-state index is 13.1. The molecule has 2 bridgehead atoms. The van der Waals surface area contributed by atoms with Crippen molar-refractivity contribution in [2.75, 3.05) is 13.1 Å². The number of nitrogens with one attached hydrogen (secondary N) is 3. The second-order valence-corrected chi connectivity index (χ2v) is 8.76. The Labute approximate surface area is 147 Å². The van der Waals surface area contributed by atoms with E-state index in [2.05, 4.69) is 32.3 Å². The third-order valence-corrected chi connectivity index (χ3v) is 7.61. The van der Waals surface area contributed by atoms with Crippen LogP contribution in [0.3, 0.4) is 0 Å². The Hall–Kier alpha value is -1.37. The molecule has 6 heteroatoms. The quantitative estimate of drug-likeness (QED) is 0.518. The number of aromatic nitrogens is 1. The molecule has 4 heterocycles. The van der Waals surface area contributed by atoms with Crippen molar-refractivity contribution in [1.29, 1.82) is 0 Å². The number of H-pyrrole nitrogens is 1. The number of hydrogen-bond acceptors (Lipinski definition) is 3. The minimum Gasteiger partial charge on any atom is -0.382 e. The molecule has 124 valence electrons. The van der Waals surface area contributed by atoms with Gasteiger partial charge in [0.25, 0.3) is 0 Å².